The molecule has 0 unspecified atom stereocenters. The number of hydrogen-bond donors (Lipinski definition) is 0. The van der Waals surface area contributed by atoms with Crippen molar-refractivity contribution in [2.75, 3.05) is 6.61 Å². The number of aromatic nitrogens is 1. The third kappa shape index (κ3) is 3.16. The Kier molecular flexibility index (Phi) is 3.97. The van der Waals surface area contributed by atoms with Crippen LogP contribution in [0.15, 0.2) is 18.3 Å². The van der Waals surface area contributed by atoms with Crippen molar-refractivity contribution in [3.8, 4) is 0 Å². The van der Waals surface area contributed by atoms with Gasteiger partial charge in [0.25, 0.3) is 0 Å². The van der Waals surface area contributed by atoms with Gasteiger partial charge in [-0.15, -0.1) is 0 Å². The fourth-order valence-electron chi connectivity index (χ4n) is 1.22. The molecule has 0 saturated heterocycles. The van der Waals surface area contributed by atoms with Crippen molar-refractivity contribution in [1.82, 2.24) is 4.98 Å². The average Bonchev–Trinajstić information content (AvgIpc) is 2.18. The zero-order valence-electron chi connectivity index (χ0n) is 8.82. The molecule has 4 heteroatoms. The predicted molar refractivity (Wildman–Crippen MR) is 54.6 cm³/mol. The van der Waals surface area contributed by atoms with Gasteiger partial charge in [-0.1, -0.05) is 0 Å². The van der Waals surface area contributed by atoms with E-state index in [0.717, 1.165) is 0 Å². The summed E-state index contributed by atoms with van der Waals surface area (Å²) < 4.78 is 4.69. The van der Waals surface area contributed by atoms with Crippen LogP contribution in [-0.2, 0) is 9.53 Å². The topological polar surface area (TPSA) is 56.3 Å². The number of nitrogens with zero attached hydrogens (tertiary/aromatic N) is 1. The van der Waals surface area contributed by atoms with Crippen LogP contribution < -0.4 is 0 Å². The molecule has 0 aromatic carbocycles. The minimum atomic E-state index is -0.495. The molecule has 0 spiro atoms. The first-order valence-electron chi connectivity index (χ1n) is 4.75. The van der Waals surface area contributed by atoms with Crippen molar-refractivity contribution in [2.45, 2.75) is 20.3 Å². The molecule has 0 amide bonds. The number of carbonyl (C=O) groups excluding carboxylic acids is 2. The lowest BCUT2D eigenvalue weighted by Crippen LogP contribution is -2.12. The minimum Gasteiger partial charge on any atom is -0.466 e. The number of carbonyl (C=O) groups is 2. The van der Waals surface area contributed by atoms with E-state index in [0.29, 0.717) is 11.3 Å². The van der Waals surface area contributed by atoms with Crippen LogP contribution in [0.25, 0.3) is 0 Å². The summed E-state index contributed by atoms with van der Waals surface area (Å²) >= 11 is 0. The van der Waals surface area contributed by atoms with Crippen molar-refractivity contribution < 1.29 is 14.3 Å². The lowest BCUT2D eigenvalue weighted by atomic mass is 10.1. The van der Waals surface area contributed by atoms with Crippen LogP contribution in [0.3, 0.4) is 0 Å². The Bertz CT molecular complexity index is 374. The zero-order chi connectivity index (χ0) is 11.3. The summed E-state index contributed by atoms with van der Waals surface area (Å²) in [5.74, 6) is -0.746. The van der Waals surface area contributed by atoms with Crippen molar-refractivity contribution in [3.63, 3.8) is 0 Å². The van der Waals surface area contributed by atoms with Gasteiger partial charge in [-0.25, -0.2) is 0 Å². The Hall–Kier alpha value is -1.71. The number of ether oxygens (including phenoxy) is 1. The molecule has 1 aromatic rings. The number of aryl methyl sites for hydroxylation is 1. The second-order valence-corrected chi connectivity index (χ2v) is 3.04. The van der Waals surface area contributed by atoms with Gasteiger partial charge in [0.15, 0.2) is 5.78 Å². The number of Topliss-reactive ketones (excluding diaryl/α,β-unsaturated/α-hetero) is 1. The van der Waals surface area contributed by atoms with E-state index < -0.39 is 5.97 Å². The van der Waals surface area contributed by atoms with Crippen LogP contribution in [-0.4, -0.2) is 23.3 Å². The summed E-state index contributed by atoms with van der Waals surface area (Å²) in [4.78, 5) is 26.7. The molecule has 1 aromatic heterocycles. The van der Waals surface area contributed by atoms with Gasteiger partial charge in [0.1, 0.15) is 6.42 Å². The molecule has 0 atom stereocenters. The first-order chi connectivity index (χ1) is 7.15. The summed E-state index contributed by atoms with van der Waals surface area (Å²) in [7, 11) is 0. The van der Waals surface area contributed by atoms with Crippen molar-refractivity contribution in [2.24, 2.45) is 0 Å². The van der Waals surface area contributed by atoms with Crippen LogP contribution >= 0.6 is 0 Å². The summed E-state index contributed by atoms with van der Waals surface area (Å²) in [6.07, 6.45) is 1.39. The SMILES string of the molecule is CCOC(=O)CC(=O)c1cccnc1C. The molecule has 0 saturated carbocycles. The molecule has 0 aliphatic heterocycles. The molecule has 0 aliphatic rings. The molecular formula is C11H13NO3. The monoisotopic (exact) mass is 207 g/mol. The molecule has 1 rings (SSSR count). The van der Waals surface area contributed by atoms with Crippen molar-refractivity contribution in [1.29, 1.82) is 0 Å². The normalized spacial score (nSPS) is 9.73. The lowest BCUT2D eigenvalue weighted by molar-refractivity contribution is -0.141. The smallest absolute Gasteiger partial charge is 0.313 e. The minimum absolute atomic E-state index is 0.222. The Morgan fingerprint density at radius 3 is 2.80 bits per heavy atom. The van der Waals surface area contributed by atoms with Crippen molar-refractivity contribution >= 4 is 11.8 Å². The molecule has 4 nitrogen and oxygen atoms in total. The van der Waals surface area contributed by atoms with E-state index in [4.69, 9.17) is 4.74 Å². The molecule has 15 heavy (non-hydrogen) atoms. The Morgan fingerprint density at radius 2 is 2.20 bits per heavy atom. The van der Waals surface area contributed by atoms with E-state index in [9.17, 15) is 9.59 Å². The van der Waals surface area contributed by atoms with Crippen LogP contribution in [0.2, 0.25) is 0 Å². The maximum absolute atomic E-state index is 11.6. The fraction of sp³-hybridized carbons (Fsp3) is 0.364. The molecular weight excluding hydrogens is 194 g/mol. The van der Waals surface area contributed by atoms with E-state index in [1.807, 2.05) is 0 Å². The molecule has 80 valence electrons. The molecule has 0 aliphatic carbocycles. The van der Waals surface area contributed by atoms with Gasteiger partial charge in [0.05, 0.1) is 6.61 Å². The highest BCUT2D eigenvalue weighted by molar-refractivity contribution is 6.06. The molecule has 1 heterocycles. The third-order valence-electron chi connectivity index (χ3n) is 1.92. The molecule has 0 bridgehead atoms. The maximum Gasteiger partial charge on any atom is 0.313 e. The Balaban J connectivity index is 2.70. The van der Waals surface area contributed by atoms with Gasteiger partial charge in [0.2, 0.25) is 0 Å². The molecule has 0 radical (unpaired) electrons. The van der Waals surface area contributed by atoms with Gasteiger partial charge in [-0.3, -0.25) is 14.6 Å². The van der Waals surface area contributed by atoms with Crippen LogP contribution in [0.1, 0.15) is 29.4 Å². The second kappa shape index (κ2) is 5.24. The lowest BCUT2D eigenvalue weighted by Gasteiger charge is -2.03. The number of pyridine rings is 1. The number of ketones is 1. The van der Waals surface area contributed by atoms with E-state index in [1.165, 1.54) is 0 Å². The largest absolute Gasteiger partial charge is 0.466 e. The van der Waals surface area contributed by atoms with Crippen molar-refractivity contribution in [3.05, 3.63) is 29.6 Å². The zero-order valence-corrected chi connectivity index (χ0v) is 8.82. The standard InChI is InChI=1S/C11H13NO3/c1-3-15-11(14)7-10(13)9-5-4-6-12-8(9)2/h4-6H,3,7H2,1-2H3. The highest BCUT2D eigenvalue weighted by Crippen LogP contribution is 2.07. The summed E-state index contributed by atoms with van der Waals surface area (Å²) in [5, 5.41) is 0. The number of rotatable bonds is 4. The Labute approximate surface area is 88.3 Å². The van der Waals surface area contributed by atoms with Gasteiger partial charge in [-0.05, 0) is 26.0 Å². The van der Waals surface area contributed by atoms with Gasteiger partial charge in [-0.2, -0.15) is 0 Å². The quantitative estimate of drug-likeness (QED) is 0.427. The predicted octanol–water partition coefficient (Wildman–Crippen LogP) is 1.53. The highest BCUT2D eigenvalue weighted by Gasteiger charge is 2.14. The van der Waals surface area contributed by atoms with E-state index in [1.54, 1.807) is 32.2 Å². The first-order valence-corrected chi connectivity index (χ1v) is 4.75. The van der Waals surface area contributed by atoms with E-state index >= 15 is 0 Å². The van der Waals surface area contributed by atoms with Crippen LogP contribution in [0.4, 0.5) is 0 Å². The van der Waals surface area contributed by atoms with Crippen LogP contribution in [0, 0.1) is 6.92 Å². The number of hydrogen-bond acceptors (Lipinski definition) is 4. The van der Waals surface area contributed by atoms with E-state index in [-0.39, 0.29) is 18.8 Å². The van der Waals surface area contributed by atoms with Gasteiger partial charge in [0, 0.05) is 17.5 Å². The number of esters is 1. The fourth-order valence-corrected chi connectivity index (χ4v) is 1.22. The first kappa shape index (κ1) is 11.4. The molecule has 0 fully saturated rings. The summed E-state index contributed by atoms with van der Waals surface area (Å²) in [6.45, 7) is 3.73. The van der Waals surface area contributed by atoms with Gasteiger partial charge >= 0.3 is 5.97 Å². The van der Waals surface area contributed by atoms with E-state index in [2.05, 4.69) is 4.98 Å². The summed E-state index contributed by atoms with van der Waals surface area (Å²) in [5.41, 5.74) is 1.11. The third-order valence-corrected chi connectivity index (χ3v) is 1.92. The Morgan fingerprint density at radius 1 is 1.47 bits per heavy atom. The average molecular weight is 207 g/mol. The maximum atomic E-state index is 11.6. The van der Waals surface area contributed by atoms with Crippen LogP contribution in [0.5, 0.6) is 0 Å². The second-order valence-electron chi connectivity index (χ2n) is 3.04. The van der Waals surface area contributed by atoms with Gasteiger partial charge < -0.3 is 4.74 Å². The molecule has 0 N–H and O–H groups in total. The summed E-state index contributed by atoms with van der Waals surface area (Å²) in [6, 6.07) is 3.33. The highest BCUT2D eigenvalue weighted by atomic mass is 16.5.